The van der Waals surface area contributed by atoms with E-state index in [0.29, 0.717) is 23.4 Å². The highest BCUT2D eigenvalue weighted by molar-refractivity contribution is 6.15. The quantitative estimate of drug-likeness (QED) is 0.804. The van der Waals surface area contributed by atoms with E-state index in [9.17, 15) is 9.18 Å². The van der Waals surface area contributed by atoms with Crippen molar-refractivity contribution >= 4 is 17.2 Å². The van der Waals surface area contributed by atoms with E-state index in [1.807, 2.05) is 6.92 Å². The summed E-state index contributed by atoms with van der Waals surface area (Å²) >= 11 is 0. The molecule has 0 fully saturated rings. The lowest BCUT2D eigenvalue weighted by molar-refractivity contribution is 0.0999. The SMILES string of the molecule is CCC1=Nc2ccc(OCCF)cc2C(=O)C1. The number of hydrogen-bond acceptors (Lipinski definition) is 3. The third-order valence-corrected chi connectivity index (χ3v) is 2.67. The van der Waals surface area contributed by atoms with Crippen molar-refractivity contribution in [2.45, 2.75) is 19.8 Å². The Morgan fingerprint density at radius 1 is 1.47 bits per heavy atom. The van der Waals surface area contributed by atoms with Crippen LogP contribution in [-0.2, 0) is 0 Å². The molecule has 1 heterocycles. The third-order valence-electron chi connectivity index (χ3n) is 2.67. The molecule has 3 nitrogen and oxygen atoms in total. The number of nitrogens with zero attached hydrogens (tertiary/aromatic N) is 1. The maximum atomic E-state index is 12.0. The Bertz CT molecular complexity index is 468. The molecule has 0 saturated heterocycles. The van der Waals surface area contributed by atoms with Gasteiger partial charge in [-0.1, -0.05) is 6.92 Å². The molecule has 0 bridgehead atoms. The van der Waals surface area contributed by atoms with E-state index >= 15 is 0 Å². The van der Waals surface area contributed by atoms with E-state index in [1.54, 1.807) is 18.2 Å². The molecule has 2 rings (SSSR count). The monoisotopic (exact) mass is 235 g/mol. The highest BCUT2D eigenvalue weighted by Crippen LogP contribution is 2.30. The Balaban J connectivity index is 2.30. The lowest BCUT2D eigenvalue weighted by Gasteiger charge is -2.14. The fourth-order valence-electron chi connectivity index (χ4n) is 1.78. The normalized spacial score (nSPS) is 14.2. The topological polar surface area (TPSA) is 38.7 Å². The van der Waals surface area contributed by atoms with Crippen LogP contribution in [0.1, 0.15) is 30.1 Å². The number of benzene rings is 1. The average Bonchev–Trinajstić information content (AvgIpc) is 2.36. The molecule has 0 saturated carbocycles. The van der Waals surface area contributed by atoms with Gasteiger partial charge in [0.05, 0.1) is 5.69 Å². The molecule has 0 amide bonds. The number of carbonyl (C=O) groups is 1. The van der Waals surface area contributed by atoms with Crippen LogP contribution in [0.15, 0.2) is 23.2 Å². The summed E-state index contributed by atoms with van der Waals surface area (Å²) in [6.07, 6.45) is 1.15. The van der Waals surface area contributed by atoms with Gasteiger partial charge in [-0.2, -0.15) is 0 Å². The molecule has 1 aromatic carbocycles. The number of alkyl halides is 1. The first-order chi connectivity index (χ1) is 8.24. The molecule has 4 heteroatoms. The van der Waals surface area contributed by atoms with Gasteiger partial charge in [0, 0.05) is 17.7 Å². The Morgan fingerprint density at radius 3 is 3.00 bits per heavy atom. The van der Waals surface area contributed by atoms with Crippen molar-refractivity contribution in [3.8, 4) is 5.75 Å². The van der Waals surface area contributed by atoms with E-state index < -0.39 is 6.67 Å². The average molecular weight is 235 g/mol. The zero-order chi connectivity index (χ0) is 12.3. The van der Waals surface area contributed by atoms with Gasteiger partial charge in [0.25, 0.3) is 0 Å². The van der Waals surface area contributed by atoms with E-state index in [2.05, 4.69) is 4.99 Å². The van der Waals surface area contributed by atoms with Crippen molar-refractivity contribution in [3.63, 3.8) is 0 Å². The Morgan fingerprint density at radius 2 is 2.29 bits per heavy atom. The first-order valence-corrected chi connectivity index (χ1v) is 5.67. The minimum atomic E-state index is -0.539. The van der Waals surface area contributed by atoms with Gasteiger partial charge < -0.3 is 4.74 Å². The van der Waals surface area contributed by atoms with Crippen LogP contribution < -0.4 is 4.74 Å². The van der Waals surface area contributed by atoms with Gasteiger partial charge in [0.1, 0.15) is 19.0 Å². The van der Waals surface area contributed by atoms with Crippen LogP contribution in [0.3, 0.4) is 0 Å². The molecule has 17 heavy (non-hydrogen) atoms. The molecule has 0 spiro atoms. The molecular formula is C13H14FNO2. The number of ether oxygens (including phenoxy) is 1. The van der Waals surface area contributed by atoms with Crippen molar-refractivity contribution in [1.82, 2.24) is 0 Å². The highest BCUT2D eigenvalue weighted by atomic mass is 19.1. The first-order valence-electron chi connectivity index (χ1n) is 5.67. The van der Waals surface area contributed by atoms with Crippen LogP contribution in [0.25, 0.3) is 0 Å². The van der Waals surface area contributed by atoms with Crippen LogP contribution in [-0.4, -0.2) is 24.8 Å². The molecule has 0 N–H and O–H groups in total. The summed E-state index contributed by atoms with van der Waals surface area (Å²) in [5.41, 5.74) is 2.16. The molecule has 1 aromatic rings. The highest BCUT2D eigenvalue weighted by Gasteiger charge is 2.19. The molecule has 0 aliphatic carbocycles. The van der Waals surface area contributed by atoms with Crippen LogP contribution in [0, 0.1) is 0 Å². The van der Waals surface area contributed by atoms with Crippen LogP contribution in [0.4, 0.5) is 10.1 Å². The summed E-state index contributed by atoms with van der Waals surface area (Å²) < 4.78 is 17.1. The molecule has 1 aliphatic heterocycles. The van der Waals surface area contributed by atoms with Crippen molar-refractivity contribution in [2.24, 2.45) is 4.99 Å². The third kappa shape index (κ3) is 2.52. The van der Waals surface area contributed by atoms with Crippen molar-refractivity contribution in [3.05, 3.63) is 23.8 Å². The first kappa shape index (κ1) is 11.8. The minimum absolute atomic E-state index is 0.0104. The maximum Gasteiger partial charge on any atom is 0.170 e. The van der Waals surface area contributed by atoms with Gasteiger partial charge >= 0.3 is 0 Å². The van der Waals surface area contributed by atoms with Crippen LogP contribution in [0.5, 0.6) is 5.75 Å². The number of hydrogen-bond donors (Lipinski definition) is 0. The summed E-state index contributed by atoms with van der Waals surface area (Å²) in [5, 5.41) is 0. The summed E-state index contributed by atoms with van der Waals surface area (Å²) in [6.45, 7) is 1.45. The molecule has 90 valence electrons. The second kappa shape index (κ2) is 5.08. The molecule has 0 radical (unpaired) electrons. The van der Waals surface area contributed by atoms with E-state index in [-0.39, 0.29) is 12.4 Å². The fourth-order valence-corrected chi connectivity index (χ4v) is 1.78. The largest absolute Gasteiger partial charge is 0.491 e. The number of rotatable bonds is 4. The zero-order valence-electron chi connectivity index (χ0n) is 9.70. The number of Topliss-reactive ketones (excluding diaryl/α,β-unsaturated/α-hetero) is 1. The Hall–Kier alpha value is -1.71. The standard InChI is InChI=1S/C13H14FNO2/c1-2-9-7-13(16)11-8-10(17-6-5-14)3-4-12(11)15-9/h3-4,8H,2,5-7H2,1H3. The number of ketones is 1. The fraction of sp³-hybridized carbons (Fsp3) is 0.385. The summed E-state index contributed by atoms with van der Waals surface area (Å²) in [5.74, 6) is 0.572. The number of fused-ring (bicyclic) bond motifs is 1. The zero-order valence-corrected chi connectivity index (χ0v) is 9.70. The number of carbonyl (C=O) groups excluding carboxylic acids is 1. The smallest absolute Gasteiger partial charge is 0.170 e. The van der Waals surface area contributed by atoms with E-state index in [0.717, 1.165) is 12.1 Å². The summed E-state index contributed by atoms with van der Waals surface area (Å²) in [6, 6.07) is 5.10. The number of halogens is 1. The Kier molecular flexibility index (Phi) is 3.52. The summed E-state index contributed by atoms with van der Waals surface area (Å²) in [7, 11) is 0. The summed E-state index contributed by atoms with van der Waals surface area (Å²) in [4.78, 5) is 16.3. The molecule has 1 aliphatic rings. The van der Waals surface area contributed by atoms with Gasteiger partial charge in [0.15, 0.2) is 5.78 Å². The lowest BCUT2D eigenvalue weighted by atomic mass is 9.99. The predicted octanol–water partition coefficient (Wildman–Crippen LogP) is 3.10. The van der Waals surface area contributed by atoms with Crippen molar-refractivity contribution in [2.75, 3.05) is 13.3 Å². The van der Waals surface area contributed by atoms with Gasteiger partial charge in [-0.3, -0.25) is 9.79 Å². The second-order valence-electron chi connectivity index (χ2n) is 3.85. The van der Waals surface area contributed by atoms with E-state index in [1.165, 1.54) is 0 Å². The molecule has 0 atom stereocenters. The van der Waals surface area contributed by atoms with Crippen LogP contribution in [0.2, 0.25) is 0 Å². The molecular weight excluding hydrogens is 221 g/mol. The lowest BCUT2D eigenvalue weighted by Crippen LogP contribution is -2.12. The van der Waals surface area contributed by atoms with Gasteiger partial charge in [0.2, 0.25) is 0 Å². The second-order valence-corrected chi connectivity index (χ2v) is 3.85. The number of aliphatic imine (C=N–C) groups is 1. The maximum absolute atomic E-state index is 12.0. The van der Waals surface area contributed by atoms with E-state index in [4.69, 9.17) is 4.74 Å². The van der Waals surface area contributed by atoms with Crippen molar-refractivity contribution in [1.29, 1.82) is 0 Å². The van der Waals surface area contributed by atoms with Gasteiger partial charge in [-0.25, -0.2) is 4.39 Å². The molecule has 0 unspecified atom stereocenters. The predicted molar refractivity (Wildman–Crippen MR) is 64.2 cm³/mol. The Labute approximate surface area is 99.3 Å². The molecule has 0 aromatic heterocycles. The van der Waals surface area contributed by atoms with Crippen molar-refractivity contribution < 1.29 is 13.9 Å². The van der Waals surface area contributed by atoms with Gasteiger partial charge in [-0.15, -0.1) is 0 Å². The van der Waals surface area contributed by atoms with Crippen LogP contribution >= 0.6 is 0 Å². The minimum Gasteiger partial charge on any atom is -0.491 e. The van der Waals surface area contributed by atoms with Gasteiger partial charge in [-0.05, 0) is 24.6 Å².